The minimum Gasteiger partial charge on any atom is -0.481 e. The van der Waals surface area contributed by atoms with Crippen molar-refractivity contribution in [3.63, 3.8) is 0 Å². The number of ether oxygens (including phenoxy) is 1. The lowest BCUT2D eigenvalue weighted by atomic mass is 10.1. The van der Waals surface area contributed by atoms with Gasteiger partial charge in [-0.15, -0.1) is 0 Å². The van der Waals surface area contributed by atoms with Gasteiger partial charge >= 0.3 is 0 Å². The monoisotopic (exact) mass is 381 g/mol. The highest BCUT2D eigenvalue weighted by Gasteiger charge is 2.09. The molecule has 29 heavy (non-hydrogen) atoms. The first-order valence-corrected chi connectivity index (χ1v) is 9.28. The van der Waals surface area contributed by atoms with Gasteiger partial charge in [0.05, 0.1) is 18.2 Å². The van der Waals surface area contributed by atoms with Crippen molar-refractivity contribution in [2.24, 2.45) is 4.99 Å². The molecule has 0 aliphatic carbocycles. The van der Waals surface area contributed by atoms with Gasteiger partial charge in [-0.05, 0) is 28.8 Å². The molecule has 0 radical (unpaired) electrons. The molecule has 142 valence electrons. The van der Waals surface area contributed by atoms with E-state index in [4.69, 9.17) is 9.15 Å². The molecule has 1 aromatic heterocycles. The van der Waals surface area contributed by atoms with Crippen molar-refractivity contribution in [2.45, 2.75) is 6.61 Å². The molecule has 1 heterocycles. The number of aliphatic imine (C=N–C) groups is 1. The summed E-state index contributed by atoms with van der Waals surface area (Å²) in [5.41, 5.74) is 3.74. The van der Waals surface area contributed by atoms with E-state index in [0.717, 1.165) is 22.4 Å². The van der Waals surface area contributed by atoms with Crippen LogP contribution in [0.2, 0.25) is 0 Å². The average molecular weight is 381 g/mol. The van der Waals surface area contributed by atoms with Crippen LogP contribution in [-0.2, 0) is 6.61 Å². The molecule has 0 spiro atoms. The molecule has 0 unspecified atom stereocenters. The van der Waals surface area contributed by atoms with E-state index in [-0.39, 0.29) is 17.8 Å². The molecule has 0 atom stereocenters. The van der Waals surface area contributed by atoms with Gasteiger partial charge in [0, 0.05) is 6.07 Å². The van der Waals surface area contributed by atoms with Crippen molar-refractivity contribution in [3.8, 4) is 16.9 Å². The summed E-state index contributed by atoms with van der Waals surface area (Å²) >= 11 is 0. The summed E-state index contributed by atoms with van der Waals surface area (Å²) in [5.74, 6) is 0.446. The lowest BCUT2D eigenvalue weighted by molar-refractivity contribution is 0.291. The quantitative estimate of drug-likeness (QED) is 0.406. The summed E-state index contributed by atoms with van der Waals surface area (Å²) in [4.78, 5) is 16.7. The third kappa shape index (κ3) is 4.68. The molecule has 0 amide bonds. The van der Waals surface area contributed by atoms with E-state index in [1.807, 2.05) is 72.8 Å². The Morgan fingerprint density at radius 3 is 2.17 bits per heavy atom. The number of hydrogen-bond donors (Lipinski definition) is 0. The first kappa shape index (κ1) is 18.4. The third-order valence-electron chi connectivity index (χ3n) is 4.39. The molecule has 4 aromatic rings. The van der Waals surface area contributed by atoms with E-state index < -0.39 is 0 Å². The fraction of sp³-hybridized carbons (Fsp3) is 0.0400. The maximum absolute atomic E-state index is 12.2. The molecule has 4 nitrogen and oxygen atoms in total. The van der Waals surface area contributed by atoms with Gasteiger partial charge in [0.15, 0.2) is 5.76 Å². The second-order valence-electron chi connectivity index (χ2n) is 6.42. The summed E-state index contributed by atoms with van der Waals surface area (Å²) in [6.07, 6.45) is 2.86. The van der Waals surface area contributed by atoms with E-state index in [1.54, 1.807) is 0 Å². The largest absolute Gasteiger partial charge is 0.481 e. The third-order valence-corrected chi connectivity index (χ3v) is 4.39. The van der Waals surface area contributed by atoms with Crippen molar-refractivity contribution < 1.29 is 9.15 Å². The Kier molecular flexibility index (Phi) is 5.63. The number of benzene rings is 3. The second-order valence-corrected chi connectivity index (χ2v) is 6.42. The van der Waals surface area contributed by atoms with Gasteiger partial charge < -0.3 is 9.15 Å². The van der Waals surface area contributed by atoms with Crippen molar-refractivity contribution in [1.29, 1.82) is 0 Å². The van der Waals surface area contributed by atoms with Crippen LogP contribution >= 0.6 is 0 Å². The zero-order valence-electron chi connectivity index (χ0n) is 15.7. The summed E-state index contributed by atoms with van der Waals surface area (Å²) in [7, 11) is 0. The number of hydrogen-bond acceptors (Lipinski definition) is 4. The molecule has 4 rings (SSSR count). The van der Waals surface area contributed by atoms with Crippen LogP contribution in [0.5, 0.6) is 5.75 Å². The van der Waals surface area contributed by atoms with Crippen LogP contribution in [0.1, 0.15) is 11.3 Å². The Hall–Kier alpha value is -3.92. The van der Waals surface area contributed by atoms with Crippen molar-refractivity contribution >= 4 is 11.9 Å². The van der Waals surface area contributed by atoms with E-state index in [9.17, 15) is 4.79 Å². The first-order chi connectivity index (χ1) is 14.3. The highest BCUT2D eigenvalue weighted by molar-refractivity contribution is 5.82. The fourth-order valence-electron chi connectivity index (χ4n) is 2.88. The van der Waals surface area contributed by atoms with Crippen LogP contribution in [0.3, 0.4) is 0 Å². The topological polar surface area (TPSA) is 51.8 Å². The molecule has 0 bridgehead atoms. The molecule has 0 fully saturated rings. The normalized spacial score (nSPS) is 10.9. The minimum absolute atomic E-state index is 0.154. The summed E-state index contributed by atoms with van der Waals surface area (Å²) in [6, 6.07) is 29.0. The lowest BCUT2D eigenvalue weighted by Crippen LogP contribution is -2.09. The Balaban J connectivity index is 1.52. The van der Waals surface area contributed by atoms with Gasteiger partial charge in [0.1, 0.15) is 6.61 Å². The van der Waals surface area contributed by atoms with Crippen LogP contribution in [0.15, 0.2) is 111 Å². The van der Waals surface area contributed by atoms with Crippen LogP contribution in [0.25, 0.3) is 11.1 Å². The Morgan fingerprint density at radius 2 is 1.45 bits per heavy atom. The zero-order valence-corrected chi connectivity index (χ0v) is 15.7. The molecular weight excluding hydrogens is 362 g/mol. The van der Waals surface area contributed by atoms with Gasteiger partial charge in [-0.2, -0.15) is 0 Å². The average Bonchev–Trinajstić information content (AvgIpc) is 2.79. The molecular formula is C25H19NO3. The van der Waals surface area contributed by atoms with Crippen LogP contribution < -0.4 is 10.2 Å². The smallest absolute Gasteiger partial charge is 0.227 e. The van der Waals surface area contributed by atoms with Crippen molar-refractivity contribution in [3.05, 3.63) is 119 Å². The number of rotatable bonds is 6. The molecule has 0 aliphatic heterocycles. The van der Waals surface area contributed by atoms with E-state index in [1.165, 1.54) is 18.5 Å². The van der Waals surface area contributed by atoms with Crippen LogP contribution in [-0.4, -0.2) is 6.21 Å². The predicted molar refractivity (Wildman–Crippen MR) is 115 cm³/mol. The van der Waals surface area contributed by atoms with E-state index >= 15 is 0 Å². The van der Waals surface area contributed by atoms with Gasteiger partial charge in [0.25, 0.3) is 0 Å². The summed E-state index contributed by atoms with van der Waals surface area (Å²) in [6.45, 7) is 0.280. The van der Waals surface area contributed by atoms with Gasteiger partial charge in [-0.25, -0.2) is 0 Å². The first-order valence-electron chi connectivity index (χ1n) is 9.28. The maximum atomic E-state index is 12.2. The Morgan fingerprint density at radius 1 is 0.793 bits per heavy atom. The molecule has 0 saturated heterocycles. The second kappa shape index (κ2) is 8.85. The van der Waals surface area contributed by atoms with E-state index in [0.29, 0.717) is 5.76 Å². The summed E-state index contributed by atoms with van der Waals surface area (Å²) in [5, 5.41) is 0. The zero-order chi connectivity index (χ0) is 19.9. The number of nitrogens with zero attached hydrogens (tertiary/aromatic N) is 1. The SMILES string of the molecule is O=c1ccoc(C=Nc2ccc(-c3ccccc3)cc2)c1OCc1ccccc1. The Bertz CT molecular complexity index is 1150. The highest BCUT2D eigenvalue weighted by Crippen LogP contribution is 2.22. The van der Waals surface area contributed by atoms with Gasteiger partial charge in [-0.1, -0.05) is 72.8 Å². The molecule has 4 heteroatoms. The van der Waals surface area contributed by atoms with Crippen molar-refractivity contribution in [1.82, 2.24) is 0 Å². The molecule has 0 N–H and O–H groups in total. The minimum atomic E-state index is -0.243. The standard InChI is InChI=1S/C25H19NO3/c27-23-15-16-28-24(25(23)29-18-19-7-3-1-4-8-19)17-26-22-13-11-21(12-14-22)20-9-5-2-6-10-20/h1-17H,18H2. The molecule has 0 aliphatic rings. The van der Waals surface area contributed by atoms with Crippen LogP contribution in [0.4, 0.5) is 5.69 Å². The van der Waals surface area contributed by atoms with Gasteiger partial charge in [0.2, 0.25) is 11.2 Å². The maximum Gasteiger partial charge on any atom is 0.227 e. The molecule has 3 aromatic carbocycles. The van der Waals surface area contributed by atoms with Crippen molar-refractivity contribution in [2.75, 3.05) is 0 Å². The summed E-state index contributed by atoms with van der Waals surface area (Å²) < 4.78 is 11.2. The lowest BCUT2D eigenvalue weighted by Gasteiger charge is -2.07. The van der Waals surface area contributed by atoms with Crippen LogP contribution in [0, 0.1) is 0 Å². The predicted octanol–water partition coefficient (Wildman–Crippen LogP) is 5.64. The van der Waals surface area contributed by atoms with E-state index in [2.05, 4.69) is 17.1 Å². The highest BCUT2D eigenvalue weighted by atomic mass is 16.5. The Labute approximate surface area is 168 Å². The van der Waals surface area contributed by atoms with Gasteiger partial charge in [-0.3, -0.25) is 9.79 Å². The molecule has 0 saturated carbocycles. The fourth-order valence-corrected chi connectivity index (χ4v) is 2.88.